The van der Waals surface area contributed by atoms with E-state index in [4.69, 9.17) is 0 Å². The van der Waals surface area contributed by atoms with Crippen molar-refractivity contribution in [2.45, 2.75) is 32.2 Å². The van der Waals surface area contributed by atoms with Crippen LogP contribution >= 0.6 is 0 Å². The topological polar surface area (TPSA) is 63.5 Å². The molecule has 0 aromatic heterocycles. The average molecular weight is 284 g/mol. The van der Waals surface area contributed by atoms with Gasteiger partial charge in [0.2, 0.25) is 0 Å². The van der Waals surface area contributed by atoms with E-state index >= 15 is 0 Å². The van der Waals surface area contributed by atoms with E-state index in [1.165, 1.54) is 6.92 Å². The summed E-state index contributed by atoms with van der Waals surface area (Å²) in [5, 5.41) is 10.8. The molecule has 0 bridgehead atoms. The molecule has 5 nitrogen and oxygen atoms in total. The minimum atomic E-state index is -1.51. The van der Waals surface area contributed by atoms with Gasteiger partial charge in [0.15, 0.2) is 0 Å². The fourth-order valence-electron chi connectivity index (χ4n) is 2.44. The standard InChI is InChI=1S/C13H14F2N2O3/c1-8-5-6-13(2,16(15)12(8)18)10-7-9(17(19)20)3-4-11(10)14/h3-4,7-8H,5-6H2,1-2H3. The summed E-state index contributed by atoms with van der Waals surface area (Å²) >= 11 is 0. The number of non-ortho nitro benzene ring substituents is 1. The van der Waals surface area contributed by atoms with Gasteiger partial charge in [-0.05, 0) is 25.8 Å². The fourth-order valence-corrected chi connectivity index (χ4v) is 2.44. The van der Waals surface area contributed by atoms with Gasteiger partial charge >= 0.3 is 0 Å². The molecule has 2 unspecified atom stereocenters. The van der Waals surface area contributed by atoms with Crippen LogP contribution in [-0.4, -0.2) is 16.0 Å². The Bertz CT molecular complexity index is 579. The normalized spacial score (nSPS) is 26.7. The van der Waals surface area contributed by atoms with Crippen LogP contribution in [0.4, 0.5) is 14.6 Å². The van der Waals surface area contributed by atoms with Gasteiger partial charge in [-0.15, -0.1) is 0 Å². The van der Waals surface area contributed by atoms with Crippen LogP contribution < -0.4 is 0 Å². The number of hydrogen-bond acceptors (Lipinski definition) is 3. The quantitative estimate of drug-likeness (QED) is 0.476. The van der Waals surface area contributed by atoms with Gasteiger partial charge in [-0.1, -0.05) is 11.4 Å². The third-order valence-electron chi connectivity index (χ3n) is 3.85. The molecule has 0 N–H and O–H groups in total. The first kappa shape index (κ1) is 14.4. The van der Waals surface area contributed by atoms with Gasteiger partial charge in [0, 0.05) is 23.6 Å². The molecule has 1 aromatic carbocycles. The van der Waals surface area contributed by atoms with E-state index in [1.54, 1.807) is 6.92 Å². The van der Waals surface area contributed by atoms with Crippen LogP contribution in [0.1, 0.15) is 32.3 Å². The Balaban J connectivity index is 2.51. The first-order valence-corrected chi connectivity index (χ1v) is 6.21. The Morgan fingerprint density at radius 3 is 2.75 bits per heavy atom. The second kappa shape index (κ2) is 4.81. The molecule has 20 heavy (non-hydrogen) atoms. The van der Waals surface area contributed by atoms with E-state index < -0.39 is 28.1 Å². The average Bonchev–Trinajstić information content (AvgIpc) is 2.41. The molecule has 0 aliphatic carbocycles. The summed E-state index contributed by atoms with van der Waals surface area (Å²) in [5.41, 5.74) is -2.02. The molecule has 2 rings (SSSR count). The van der Waals surface area contributed by atoms with Crippen molar-refractivity contribution < 1.29 is 18.6 Å². The number of nitro groups is 1. The summed E-state index contributed by atoms with van der Waals surface area (Å²) in [4.78, 5) is 21.8. The number of amides is 1. The van der Waals surface area contributed by atoms with Gasteiger partial charge in [-0.25, -0.2) is 4.39 Å². The molecule has 1 saturated heterocycles. The van der Waals surface area contributed by atoms with Gasteiger partial charge < -0.3 is 0 Å². The molecule has 1 aromatic rings. The number of halogens is 2. The molecular formula is C13H14F2N2O3. The van der Waals surface area contributed by atoms with Crippen molar-refractivity contribution in [2.75, 3.05) is 0 Å². The highest BCUT2D eigenvalue weighted by atomic mass is 19.2. The molecule has 2 atom stereocenters. The summed E-state index contributed by atoms with van der Waals surface area (Å²) in [5.74, 6) is -1.97. The SMILES string of the molecule is CC1CCC(C)(c2cc([N+](=O)[O-])ccc2F)N(F)C1=O. The zero-order valence-electron chi connectivity index (χ0n) is 11.1. The van der Waals surface area contributed by atoms with Crippen LogP contribution in [0.15, 0.2) is 18.2 Å². The highest BCUT2D eigenvalue weighted by molar-refractivity contribution is 5.79. The van der Waals surface area contributed by atoms with Crippen molar-refractivity contribution in [1.82, 2.24) is 5.12 Å². The number of carbonyl (C=O) groups excluding carboxylic acids is 1. The van der Waals surface area contributed by atoms with Crippen LogP contribution in [0.2, 0.25) is 0 Å². The van der Waals surface area contributed by atoms with E-state index in [0.29, 0.717) is 6.42 Å². The molecular weight excluding hydrogens is 270 g/mol. The van der Waals surface area contributed by atoms with E-state index in [9.17, 15) is 23.8 Å². The lowest BCUT2D eigenvalue weighted by atomic mass is 9.80. The van der Waals surface area contributed by atoms with Gasteiger partial charge in [-0.2, -0.15) is 5.12 Å². The number of piperidine rings is 1. The van der Waals surface area contributed by atoms with E-state index in [1.807, 2.05) is 0 Å². The van der Waals surface area contributed by atoms with Gasteiger partial charge in [0.1, 0.15) is 11.4 Å². The third kappa shape index (κ3) is 2.13. The molecule has 7 heteroatoms. The fraction of sp³-hybridized carbons (Fsp3) is 0.462. The maximum Gasteiger partial charge on any atom is 0.270 e. The first-order valence-electron chi connectivity index (χ1n) is 6.21. The Kier molecular flexibility index (Phi) is 3.45. The van der Waals surface area contributed by atoms with E-state index in [2.05, 4.69) is 0 Å². The van der Waals surface area contributed by atoms with E-state index in [0.717, 1.165) is 18.2 Å². The molecule has 1 aliphatic heterocycles. The summed E-state index contributed by atoms with van der Waals surface area (Å²) in [6.45, 7) is 2.97. The number of nitro benzene ring substituents is 1. The Morgan fingerprint density at radius 2 is 2.15 bits per heavy atom. The van der Waals surface area contributed by atoms with Gasteiger partial charge in [-0.3, -0.25) is 14.9 Å². The zero-order valence-corrected chi connectivity index (χ0v) is 11.1. The number of hydrogen-bond donors (Lipinski definition) is 0. The minimum Gasteiger partial charge on any atom is -0.272 e. The molecule has 1 amide bonds. The Labute approximate surface area is 114 Å². The maximum absolute atomic E-state index is 14.2. The lowest BCUT2D eigenvalue weighted by molar-refractivity contribution is -0.385. The molecule has 108 valence electrons. The second-order valence-corrected chi connectivity index (χ2v) is 5.25. The van der Waals surface area contributed by atoms with Crippen molar-refractivity contribution in [3.05, 3.63) is 39.7 Å². The lowest BCUT2D eigenvalue weighted by Gasteiger charge is -2.40. The number of rotatable bonds is 2. The molecule has 1 fully saturated rings. The molecule has 1 aliphatic rings. The van der Waals surface area contributed by atoms with Crippen LogP contribution in [-0.2, 0) is 10.3 Å². The van der Waals surface area contributed by atoms with Gasteiger partial charge in [0.25, 0.3) is 11.6 Å². The summed E-state index contributed by atoms with van der Waals surface area (Å²) in [6.07, 6.45) is 0.604. The number of benzene rings is 1. The minimum absolute atomic E-state index is 0.00328. The predicted octanol–water partition coefficient (Wildman–Crippen LogP) is 3.09. The van der Waals surface area contributed by atoms with E-state index in [-0.39, 0.29) is 22.8 Å². The highest BCUT2D eigenvalue weighted by Gasteiger charge is 2.45. The van der Waals surface area contributed by atoms with Crippen molar-refractivity contribution in [3.63, 3.8) is 0 Å². The molecule has 0 saturated carbocycles. The van der Waals surface area contributed by atoms with Crippen LogP contribution in [0.25, 0.3) is 0 Å². The van der Waals surface area contributed by atoms with Crippen molar-refractivity contribution >= 4 is 11.6 Å². The van der Waals surface area contributed by atoms with Crippen molar-refractivity contribution in [1.29, 1.82) is 0 Å². The maximum atomic E-state index is 14.2. The monoisotopic (exact) mass is 284 g/mol. The van der Waals surface area contributed by atoms with Crippen molar-refractivity contribution in [3.8, 4) is 0 Å². The summed E-state index contributed by atoms with van der Waals surface area (Å²) in [6, 6.07) is 2.93. The second-order valence-electron chi connectivity index (χ2n) is 5.25. The van der Waals surface area contributed by atoms with Crippen LogP contribution in [0, 0.1) is 21.8 Å². The third-order valence-corrected chi connectivity index (χ3v) is 3.85. The first-order chi connectivity index (χ1) is 9.27. The smallest absolute Gasteiger partial charge is 0.270 e. The Hall–Kier alpha value is -2.05. The van der Waals surface area contributed by atoms with Crippen molar-refractivity contribution in [2.24, 2.45) is 5.92 Å². The Morgan fingerprint density at radius 1 is 1.50 bits per heavy atom. The molecule has 0 radical (unpaired) electrons. The molecule has 1 heterocycles. The van der Waals surface area contributed by atoms with Crippen LogP contribution in [0.5, 0.6) is 0 Å². The number of nitrogens with zero attached hydrogens (tertiary/aromatic N) is 2. The highest BCUT2D eigenvalue weighted by Crippen LogP contribution is 2.42. The van der Waals surface area contributed by atoms with Crippen LogP contribution in [0.3, 0.4) is 0 Å². The number of carbonyl (C=O) groups is 1. The molecule has 0 spiro atoms. The van der Waals surface area contributed by atoms with Gasteiger partial charge in [0.05, 0.1) is 4.92 Å². The lowest BCUT2D eigenvalue weighted by Crippen LogP contribution is -2.49. The zero-order chi connectivity index (χ0) is 15.1. The largest absolute Gasteiger partial charge is 0.272 e. The summed E-state index contributed by atoms with van der Waals surface area (Å²) < 4.78 is 28.2. The predicted molar refractivity (Wildman–Crippen MR) is 66.8 cm³/mol. The summed E-state index contributed by atoms with van der Waals surface area (Å²) in [7, 11) is 0.